The summed E-state index contributed by atoms with van der Waals surface area (Å²) in [6.45, 7) is 6.09. The van der Waals surface area contributed by atoms with Crippen LogP contribution in [0, 0.1) is 11.8 Å². The van der Waals surface area contributed by atoms with Crippen molar-refractivity contribution in [1.29, 1.82) is 0 Å². The average molecular weight is 242 g/mol. The molecule has 3 N–H and O–H groups in total. The number of carbonyl (C=O) groups is 2. The Morgan fingerprint density at radius 3 is 2.24 bits per heavy atom. The molecule has 98 valence electrons. The molecule has 2 atom stereocenters. The van der Waals surface area contributed by atoms with E-state index in [0.717, 1.165) is 19.3 Å². The minimum atomic E-state index is -0.945. The molecule has 0 saturated heterocycles. The van der Waals surface area contributed by atoms with Gasteiger partial charge < -0.3 is 15.7 Å². The van der Waals surface area contributed by atoms with Crippen molar-refractivity contribution in [3.63, 3.8) is 0 Å². The molecule has 0 spiro atoms. The van der Waals surface area contributed by atoms with E-state index >= 15 is 0 Å². The Bertz CT molecular complexity index is 287. The number of carbonyl (C=O) groups excluding carboxylic acids is 1. The molecule has 1 aliphatic carbocycles. The average Bonchev–Trinajstić information content (AvgIpc) is 2.94. The van der Waals surface area contributed by atoms with Gasteiger partial charge in [-0.15, -0.1) is 0 Å². The van der Waals surface area contributed by atoms with Crippen LogP contribution < -0.4 is 10.6 Å². The number of hydrogen-bond acceptors (Lipinski definition) is 2. The van der Waals surface area contributed by atoms with Gasteiger partial charge in [0.25, 0.3) is 0 Å². The Morgan fingerprint density at radius 2 is 1.82 bits per heavy atom. The Balaban J connectivity index is 2.34. The molecule has 0 heterocycles. The summed E-state index contributed by atoms with van der Waals surface area (Å²) in [6.07, 6.45) is 2.66. The molecule has 2 unspecified atom stereocenters. The lowest BCUT2D eigenvalue weighted by Crippen LogP contribution is -2.49. The first-order chi connectivity index (χ1) is 7.90. The van der Waals surface area contributed by atoms with Gasteiger partial charge in [0, 0.05) is 6.04 Å². The van der Waals surface area contributed by atoms with E-state index in [2.05, 4.69) is 24.5 Å². The van der Waals surface area contributed by atoms with E-state index in [1.807, 2.05) is 6.92 Å². The topological polar surface area (TPSA) is 78.4 Å². The van der Waals surface area contributed by atoms with Crippen LogP contribution in [-0.4, -0.2) is 29.2 Å². The number of carboxylic acids is 1. The van der Waals surface area contributed by atoms with Crippen molar-refractivity contribution < 1.29 is 14.7 Å². The van der Waals surface area contributed by atoms with E-state index in [1.165, 1.54) is 0 Å². The molecule has 2 amide bonds. The van der Waals surface area contributed by atoms with Crippen molar-refractivity contribution in [3.8, 4) is 0 Å². The number of hydrogen-bond donors (Lipinski definition) is 3. The molecule has 5 nitrogen and oxygen atoms in total. The highest BCUT2D eigenvalue weighted by Gasteiger charge is 2.37. The molecule has 0 aromatic carbocycles. The number of nitrogens with one attached hydrogen (secondary N) is 2. The second kappa shape index (κ2) is 5.89. The quantitative estimate of drug-likeness (QED) is 0.661. The monoisotopic (exact) mass is 242 g/mol. The number of urea groups is 1. The van der Waals surface area contributed by atoms with Gasteiger partial charge in [-0.2, -0.15) is 0 Å². The van der Waals surface area contributed by atoms with Crippen molar-refractivity contribution in [2.45, 2.75) is 52.1 Å². The smallest absolute Gasteiger partial charge is 0.326 e. The number of carboxylic acid groups (broad SMARTS) is 1. The van der Waals surface area contributed by atoms with E-state index in [4.69, 9.17) is 5.11 Å². The van der Waals surface area contributed by atoms with E-state index in [0.29, 0.717) is 5.92 Å². The summed E-state index contributed by atoms with van der Waals surface area (Å²) in [6, 6.07) is -1.05. The van der Waals surface area contributed by atoms with Gasteiger partial charge in [0.15, 0.2) is 0 Å². The normalized spacial score (nSPS) is 18.6. The summed E-state index contributed by atoms with van der Waals surface area (Å²) >= 11 is 0. The Kier molecular flexibility index (Phi) is 4.78. The van der Waals surface area contributed by atoms with E-state index in [-0.39, 0.29) is 18.0 Å². The maximum absolute atomic E-state index is 11.6. The maximum atomic E-state index is 11.6. The molecule has 1 saturated carbocycles. The van der Waals surface area contributed by atoms with Gasteiger partial charge in [-0.05, 0) is 38.0 Å². The first-order valence-corrected chi connectivity index (χ1v) is 6.20. The van der Waals surface area contributed by atoms with Crippen molar-refractivity contribution in [1.82, 2.24) is 10.6 Å². The van der Waals surface area contributed by atoms with Crippen molar-refractivity contribution in [2.75, 3.05) is 0 Å². The zero-order chi connectivity index (χ0) is 13.0. The summed E-state index contributed by atoms with van der Waals surface area (Å²) in [7, 11) is 0. The largest absolute Gasteiger partial charge is 0.480 e. The second-order valence-corrected chi connectivity index (χ2v) is 5.30. The minimum Gasteiger partial charge on any atom is -0.480 e. The van der Waals surface area contributed by atoms with Crippen LogP contribution in [0.5, 0.6) is 0 Å². The molecule has 0 bridgehead atoms. The fourth-order valence-electron chi connectivity index (χ4n) is 1.98. The molecular formula is C12H22N2O3. The third-order valence-corrected chi connectivity index (χ3v) is 2.85. The van der Waals surface area contributed by atoms with Gasteiger partial charge in [-0.1, -0.05) is 13.8 Å². The standard InChI is InChI=1S/C12H22N2O3/c1-7(2)6-8(3)13-12(17)14-10(11(15)16)9-4-5-9/h7-10H,4-6H2,1-3H3,(H,15,16)(H2,13,14,17). The van der Waals surface area contributed by atoms with E-state index in [9.17, 15) is 9.59 Å². The van der Waals surface area contributed by atoms with Crippen LogP contribution in [0.3, 0.4) is 0 Å². The Morgan fingerprint density at radius 1 is 1.24 bits per heavy atom. The fraction of sp³-hybridized carbons (Fsp3) is 0.833. The second-order valence-electron chi connectivity index (χ2n) is 5.30. The lowest BCUT2D eigenvalue weighted by atomic mass is 10.1. The molecule has 0 aliphatic heterocycles. The van der Waals surface area contributed by atoms with Gasteiger partial charge in [0.05, 0.1) is 0 Å². The van der Waals surface area contributed by atoms with Crippen molar-refractivity contribution >= 4 is 12.0 Å². The predicted molar refractivity (Wildman–Crippen MR) is 64.7 cm³/mol. The van der Waals surface area contributed by atoms with E-state index < -0.39 is 12.0 Å². The summed E-state index contributed by atoms with van der Waals surface area (Å²) < 4.78 is 0. The molecule has 17 heavy (non-hydrogen) atoms. The number of aliphatic carboxylic acids is 1. The van der Waals surface area contributed by atoms with Crippen LogP contribution >= 0.6 is 0 Å². The molecule has 0 aromatic heterocycles. The third-order valence-electron chi connectivity index (χ3n) is 2.85. The van der Waals surface area contributed by atoms with E-state index in [1.54, 1.807) is 0 Å². The lowest BCUT2D eigenvalue weighted by Gasteiger charge is -2.19. The van der Waals surface area contributed by atoms with Gasteiger partial charge in [-0.3, -0.25) is 0 Å². The highest BCUT2D eigenvalue weighted by Crippen LogP contribution is 2.32. The van der Waals surface area contributed by atoms with Crippen LogP contribution in [0.15, 0.2) is 0 Å². The van der Waals surface area contributed by atoms with Crippen LogP contribution in [0.4, 0.5) is 4.79 Å². The van der Waals surface area contributed by atoms with Crippen LogP contribution in [-0.2, 0) is 4.79 Å². The van der Waals surface area contributed by atoms with Gasteiger partial charge in [-0.25, -0.2) is 9.59 Å². The first-order valence-electron chi connectivity index (χ1n) is 6.20. The summed E-state index contributed by atoms with van der Waals surface area (Å²) in [4.78, 5) is 22.5. The highest BCUT2D eigenvalue weighted by molar-refractivity contribution is 5.83. The van der Waals surface area contributed by atoms with Crippen LogP contribution in [0.2, 0.25) is 0 Å². The van der Waals surface area contributed by atoms with Gasteiger partial charge >= 0.3 is 12.0 Å². The number of rotatable bonds is 6. The first kappa shape index (κ1) is 13.8. The molecule has 1 aliphatic rings. The third kappa shape index (κ3) is 5.06. The highest BCUT2D eigenvalue weighted by atomic mass is 16.4. The zero-order valence-corrected chi connectivity index (χ0v) is 10.7. The Labute approximate surface area is 102 Å². The molecular weight excluding hydrogens is 220 g/mol. The van der Waals surface area contributed by atoms with Crippen molar-refractivity contribution in [3.05, 3.63) is 0 Å². The SMILES string of the molecule is CC(C)CC(C)NC(=O)NC(C(=O)O)C1CC1. The Hall–Kier alpha value is -1.26. The lowest BCUT2D eigenvalue weighted by molar-refractivity contribution is -0.139. The fourth-order valence-corrected chi connectivity index (χ4v) is 1.98. The van der Waals surface area contributed by atoms with Gasteiger partial charge in [0.2, 0.25) is 0 Å². The zero-order valence-electron chi connectivity index (χ0n) is 10.7. The predicted octanol–water partition coefficient (Wildman–Crippen LogP) is 1.58. The maximum Gasteiger partial charge on any atom is 0.326 e. The number of amides is 2. The van der Waals surface area contributed by atoms with Gasteiger partial charge in [0.1, 0.15) is 6.04 Å². The van der Waals surface area contributed by atoms with Crippen LogP contribution in [0.1, 0.15) is 40.0 Å². The molecule has 1 fully saturated rings. The minimum absolute atomic E-state index is 0.0589. The summed E-state index contributed by atoms with van der Waals surface area (Å²) in [5, 5.41) is 14.3. The molecule has 0 radical (unpaired) electrons. The molecule has 5 heteroatoms. The molecule has 0 aromatic rings. The van der Waals surface area contributed by atoms with Crippen LogP contribution in [0.25, 0.3) is 0 Å². The summed E-state index contributed by atoms with van der Waals surface area (Å²) in [5.41, 5.74) is 0. The molecule has 1 rings (SSSR count). The summed E-state index contributed by atoms with van der Waals surface area (Å²) in [5.74, 6) is -0.332. The van der Waals surface area contributed by atoms with Crippen molar-refractivity contribution in [2.24, 2.45) is 11.8 Å².